The Morgan fingerprint density at radius 1 is 1.32 bits per heavy atom. The van der Waals surface area contributed by atoms with Crippen LogP contribution in [0.4, 0.5) is 0 Å². The van der Waals surface area contributed by atoms with Crippen LogP contribution in [-0.4, -0.2) is 42.1 Å². The number of aromatic nitrogens is 2. The molecule has 1 fully saturated rings. The van der Waals surface area contributed by atoms with Gasteiger partial charge in [0.2, 0.25) is 10.0 Å². The summed E-state index contributed by atoms with van der Waals surface area (Å²) in [7, 11) is -3.76. The molecule has 1 aliphatic rings. The number of ether oxygens (including phenoxy) is 1. The number of nitrogens with two attached hydrogens (primary N) is 1. The molecule has 0 spiro atoms. The van der Waals surface area contributed by atoms with Crippen molar-refractivity contribution in [3.05, 3.63) is 46.4 Å². The Labute approximate surface area is 187 Å². The topological polar surface area (TPSA) is 90.4 Å². The van der Waals surface area contributed by atoms with Crippen molar-refractivity contribution >= 4 is 32.4 Å². The number of imidazole rings is 1. The molecule has 1 aromatic carbocycles. The van der Waals surface area contributed by atoms with Crippen molar-refractivity contribution in [3.8, 4) is 0 Å². The summed E-state index contributed by atoms with van der Waals surface area (Å²) in [6.07, 6.45) is 4.56. The summed E-state index contributed by atoms with van der Waals surface area (Å²) in [5, 5.41) is 7.44. The third-order valence-corrected chi connectivity index (χ3v) is 7.45. The normalized spacial score (nSPS) is 17.2. The standard InChI is InChI=1S/C22H30N4O3S2/c1-2-3-10-26-21-9-8-19(31(23,27)28)13-20(21)24-22(26)16-25(14-17-6-4-11-29-17)15-18-7-5-12-30-18/h5,7-9,12-13,17H,2-4,6,10-11,14-16H2,1H3,(H2,23,27,28). The second-order valence-corrected chi connectivity index (χ2v) is 10.7. The zero-order chi connectivity index (χ0) is 21.8. The van der Waals surface area contributed by atoms with Gasteiger partial charge in [0.1, 0.15) is 5.82 Å². The van der Waals surface area contributed by atoms with Crippen molar-refractivity contribution in [2.24, 2.45) is 5.14 Å². The first-order valence-electron chi connectivity index (χ1n) is 10.8. The number of primary sulfonamides is 1. The molecule has 2 N–H and O–H groups in total. The van der Waals surface area contributed by atoms with Gasteiger partial charge in [0, 0.05) is 31.1 Å². The molecule has 3 aromatic rings. The summed E-state index contributed by atoms with van der Waals surface area (Å²) >= 11 is 1.76. The van der Waals surface area contributed by atoms with Crippen LogP contribution in [0.3, 0.4) is 0 Å². The maximum atomic E-state index is 11.8. The third kappa shape index (κ3) is 5.53. The van der Waals surface area contributed by atoms with Crippen molar-refractivity contribution < 1.29 is 13.2 Å². The number of benzene rings is 1. The van der Waals surface area contributed by atoms with Crippen LogP contribution in [0.15, 0.2) is 40.6 Å². The van der Waals surface area contributed by atoms with Gasteiger partial charge in [-0.05, 0) is 48.9 Å². The van der Waals surface area contributed by atoms with Crippen molar-refractivity contribution in [1.29, 1.82) is 0 Å². The highest BCUT2D eigenvalue weighted by molar-refractivity contribution is 7.89. The predicted molar refractivity (Wildman–Crippen MR) is 123 cm³/mol. The molecule has 31 heavy (non-hydrogen) atoms. The van der Waals surface area contributed by atoms with Crippen LogP contribution in [-0.2, 0) is 34.4 Å². The van der Waals surface area contributed by atoms with Crippen molar-refractivity contribution in [2.75, 3.05) is 13.2 Å². The van der Waals surface area contributed by atoms with E-state index in [4.69, 9.17) is 14.9 Å². The van der Waals surface area contributed by atoms with Crippen LogP contribution in [0.1, 0.15) is 43.3 Å². The number of fused-ring (bicyclic) bond motifs is 1. The number of aryl methyl sites for hydroxylation is 1. The Bertz CT molecular complexity index is 1100. The molecular weight excluding hydrogens is 432 g/mol. The molecule has 3 heterocycles. The molecule has 1 saturated heterocycles. The van der Waals surface area contributed by atoms with E-state index in [2.05, 4.69) is 33.9 Å². The molecule has 2 aromatic heterocycles. The fraction of sp³-hybridized carbons (Fsp3) is 0.500. The Balaban J connectivity index is 1.66. The Morgan fingerprint density at radius 2 is 2.19 bits per heavy atom. The second-order valence-electron chi connectivity index (χ2n) is 8.11. The third-order valence-electron chi connectivity index (χ3n) is 5.67. The molecule has 0 aliphatic carbocycles. The molecule has 0 bridgehead atoms. The fourth-order valence-corrected chi connectivity index (χ4v) is 5.39. The molecule has 9 heteroatoms. The van der Waals surface area contributed by atoms with Crippen LogP contribution >= 0.6 is 11.3 Å². The molecule has 4 rings (SSSR count). The minimum atomic E-state index is -3.76. The van der Waals surface area contributed by atoms with E-state index in [0.717, 1.165) is 63.3 Å². The van der Waals surface area contributed by atoms with E-state index in [0.29, 0.717) is 12.1 Å². The lowest BCUT2D eigenvalue weighted by Gasteiger charge is -2.25. The molecule has 1 unspecified atom stereocenters. The summed E-state index contributed by atoms with van der Waals surface area (Å²) < 4.78 is 31.7. The van der Waals surface area contributed by atoms with Gasteiger partial charge in [-0.3, -0.25) is 4.90 Å². The molecule has 168 valence electrons. The molecule has 0 saturated carbocycles. The van der Waals surface area contributed by atoms with Gasteiger partial charge in [-0.15, -0.1) is 11.3 Å². The smallest absolute Gasteiger partial charge is 0.238 e. The van der Waals surface area contributed by atoms with Crippen molar-refractivity contribution in [1.82, 2.24) is 14.5 Å². The minimum absolute atomic E-state index is 0.0986. The van der Waals surface area contributed by atoms with Gasteiger partial charge in [0.15, 0.2) is 0 Å². The summed E-state index contributed by atoms with van der Waals surface area (Å²) in [4.78, 5) is 8.65. The lowest BCUT2D eigenvalue weighted by Crippen LogP contribution is -2.32. The van der Waals surface area contributed by atoms with Gasteiger partial charge in [-0.1, -0.05) is 19.4 Å². The van der Waals surface area contributed by atoms with Crippen LogP contribution in [0.2, 0.25) is 0 Å². The maximum Gasteiger partial charge on any atom is 0.238 e. The van der Waals surface area contributed by atoms with E-state index < -0.39 is 10.0 Å². The first-order valence-corrected chi connectivity index (χ1v) is 13.2. The lowest BCUT2D eigenvalue weighted by atomic mass is 10.2. The van der Waals surface area contributed by atoms with E-state index in [9.17, 15) is 8.42 Å². The molecule has 0 amide bonds. The summed E-state index contributed by atoms with van der Waals surface area (Å²) in [5.41, 5.74) is 1.62. The van der Waals surface area contributed by atoms with E-state index in [-0.39, 0.29) is 11.0 Å². The fourth-order valence-electron chi connectivity index (χ4n) is 4.11. The highest BCUT2D eigenvalue weighted by atomic mass is 32.2. The minimum Gasteiger partial charge on any atom is -0.377 e. The largest absolute Gasteiger partial charge is 0.377 e. The number of nitrogens with zero attached hydrogens (tertiary/aromatic N) is 3. The molecule has 0 radical (unpaired) electrons. The SMILES string of the molecule is CCCCn1c(CN(Cc2cccs2)CC2CCCO2)nc2cc(S(N)(=O)=O)ccc21. The highest BCUT2D eigenvalue weighted by Gasteiger charge is 2.22. The molecule has 7 nitrogen and oxygen atoms in total. The number of hydrogen-bond acceptors (Lipinski definition) is 6. The number of hydrogen-bond donors (Lipinski definition) is 1. The van der Waals surface area contributed by atoms with Crippen LogP contribution in [0.5, 0.6) is 0 Å². The van der Waals surface area contributed by atoms with Gasteiger partial charge < -0.3 is 9.30 Å². The summed E-state index contributed by atoms with van der Waals surface area (Å²) in [6, 6.07) is 9.22. The number of sulfonamides is 1. The van der Waals surface area contributed by atoms with Gasteiger partial charge >= 0.3 is 0 Å². The average molecular weight is 463 g/mol. The van der Waals surface area contributed by atoms with Crippen LogP contribution < -0.4 is 5.14 Å². The first kappa shape index (κ1) is 22.4. The summed E-state index contributed by atoms with van der Waals surface area (Å²) in [6.45, 7) is 6.24. The van der Waals surface area contributed by atoms with Gasteiger partial charge in [-0.25, -0.2) is 18.5 Å². The van der Waals surface area contributed by atoms with Gasteiger partial charge in [0.05, 0.1) is 28.6 Å². The summed E-state index contributed by atoms with van der Waals surface area (Å²) in [5.74, 6) is 0.949. The maximum absolute atomic E-state index is 11.8. The van der Waals surface area contributed by atoms with Gasteiger partial charge in [0.25, 0.3) is 0 Å². The number of rotatable bonds is 10. The van der Waals surface area contributed by atoms with Crippen molar-refractivity contribution in [3.63, 3.8) is 0 Å². The Kier molecular flexibility index (Phi) is 7.08. The lowest BCUT2D eigenvalue weighted by molar-refractivity contribution is 0.0670. The van der Waals surface area contributed by atoms with Crippen molar-refractivity contribution in [2.45, 2.75) is 63.2 Å². The zero-order valence-electron chi connectivity index (χ0n) is 17.9. The number of thiophene rings is 1. The zero-order valence-corrected chi connectivity index (χ0v) is 19.5. The monoisotopic (exact) mass is 462 g/mol. The first-order chi connectivity index (χ1) is 14.9. The predicted octanol–water partition coefficient (Wildman–Crippen LogP) is 3.73. The highest BCUT2D eigenvalue weighted by Crippen LogP contribution is 2.24. The van der Waals surface area contributed by atoms with E-state index in [1.807, 2.05) is 6.07 Å². The molecule has 1 atom stereocenters. The molecule has 1 aliphatic heterocycles. The average Bonchev–Trinajstić information content (AvgIpc) is 3.47. The molecular formula is C22H30N4O3S2. The quantitative estimate of drug-likeness (QED) is 0.496. The number of unbranched alkanes of at least 4 members (excludes halogenated alkanes) is 1. The van der Waals surface area contributed by atoms with Crippen LogP contribution in [0, 0.1) is 0 Å². The Hall–Kier alpha value is -1.78. The van der Waals surface area contributed by atoms with Crippen LogP contribution in [0.25, 0.3) is 11.0 Å². The Morgan fingerprint density at radius 3 is 2.87 bits per heavy atom. The second kappa shape index (κ2) is 9.79. The van der Waals surface area contributed by atoms with Gasteiger partial charge in [-0.2, -0.15) is 0 Å². The van der Waals surface area contributed by atoms with E-state index >= 15 is 0 Å². The van der Waals surface area contributed by atoms with E-state index in [1.54, 1.807) is 23.5 Å². The van der Waals surface area contributed by atoms with E-state index in [1.165, 1.54) is 4.88 Å².